The Morgan fingerprint density at radius 3 is 2.45 bits per heavy atom. The van der Waals surface area contributed by atoms with E-state index in [9.17, 15) is 26.0 Å². The number of imidazole rings is 1. The minimum Gasteiger partial charge on any atom is -0.338 e. The quantitative estimate of drug-likeness (QED) is 0.376. The van der Waals surface area contributed by atoms with Crippen LogP contribution in [0.4, 0.5) is 17.6 Å². The summed E-state index contributed by atoms with van der Waals surface area (Å²) in [4.78, 5) is 7.60. The SMILES string of the molecule is CNS(=O)(=O)c1ccccc1-c1ccc2[nH]c(C=Cc3ccc(C(F)(F)F)c(F)c3)nc2c1. The first-order chi connectivity index (χ1) is 15.6. The van der Waals surface area contributed by atoms with Crippen molar-refractivity contribution in [1.29, 1.82) is 0 Å². The summed E-state index contributed by atoms with van der Waals surface area (Å²) in [5, 5.41) is 0. The highest BCUT2D eigenvalue weighted by atomic mass is 32.2. The fraction of sp³-hybridized carbons (Fsp3) is 0.0870. The molecule has 0 unspecified atom stereocenters. The van der Waals surface area contributed by atoms with Crippen LogP contribution in [0.25, 0.3) is 34.3 Å². The second-order valence-electron chi connectivity index (χ2n) is 7.13. The van der Waals surface area contributed by atoms with Gasteiger partial charge in [0.1, 0.15) is 11.6 Å². The van der Waals surface area contributed by atoms with Gasteiger partial charge in [0.15, 0.2) is 0 Å². The van der Waals surface area contributed by atoms with Crippen molar-refractivity contribution in [2.75, 3.05) is 7.05 Å². The predicted octanol–water partition coefficient (Wildman–Crippen LogP) is 5.47. The first-order valence-electron chi connectivity index (χ1n) is 9.66. The molecule has 33 heavy (non-hydrogen) atoms. The molecule has 4 aromatic rings. The summed E-state index contributed by atoms with van der Waals surface area (Å²) in [6, 6.07) is 14.5. The molecule has 0 fully saturated rings. The number of hydrogen-bond acceptors (Lipinski definition) is 3. The van der Waals surface area contributed by atoms with Crippen LogP contribution in [0.1, 0.15) is 17.0 Å². The molecule has 0 atom stereocenters. The Morgan fingerprint density at radius 2 is 1.76 bits per heavy atom. The third-order valence-electron chi connectivity index (χ3n) is 4.99. The van der Waals surface area contributed by atoms with Crippen LogP contribution in [0, 0.1) is 5.82 Å². The molecule has 0 aliphatic carbocycles. The highest BCUT2D eigenvalue weighted by Gasteiger charge is 2.33. The Kier molecular flexibility index (Phi) is 5.81. The van der Waals surface area contributed by atoms with Gasteiger partial charge in [-0.15, -0.1) is 0 Å². The van der Waals surface area contributed by atoms with Crippen molar-refractivity contribution in [2.24, 2.45) is 0 Å². The molecule has 0 saturated carbocycles. The number of aromatic nitrogens is 2. The lowest BCUT2D eigenvalue weighted by atomic mass is 10.1. The van der Waals surface area contributed by atoms with E-state index in [2.05, 4.69) is 14.7 Å². The summed E-state index contributed by atoms with van der Waals surface area (Å²) in [6.07, 6.45) is -1.80. The Labute approximate surface area is 186 Å². The van der Waals surface area contributed by atoms with Crippen LogP contribution in [0.2, 0.25) is 0 Å². The van der Waals surface area contributed by atoms with Gasteiger partial charge in [-0.2, -0.15) is 13.2 Å². The molecule has 0 spiro atoms. The van der Waals surface area contributed by atoms with Gasteiger partial charge in [-0.05, 0) is 54.6 Å². The van der Waals surface area contributed by atoms with Crippen molar-refractivity contribution in [3.8, 4) is 11.1 Å². The van der Waals surface area contributed by atoms with Crippen LogP contribution >= 0.6 is 0 Å². The molecular formula is C23H17F4N3O2S. The molecule has 10 heteroatoms. The van der Waals surface area contributed by atoms with Gasteiger partial charge in [0.25, 0.3) is 0 Å². The van der Waals surface area contributed by atoms with Crippen LogP contribution < -0.4 is 4.72 Å². The number of halogens is 4. The molecule has 2 N–H and O–H groups in total. The summed E-state index contributed by atoms with van der Waals surface area (Å²) in [5.41, 5.74) is 1.30. The van der Waals surface area contributed by atoms with Gasteiger partial charge >= 0.3 is 6.18 Å². The highest BCUT2D eigenvalue weighted by molar-refractivity contribution is 7.89. The first-order valence-corrected chi connectivity index (χ1v) is 11.1. The average Bonchev–Trinajstić information content (AvgIpc) is 3.19. The smallest absolute Gasteiger partial charge is 0.338 e. The van der Waals surface area contributed by atoms with Crippen LogP contribution in [0.3, 0.4) is 0 Å². The van der Waals surface area contributed by atoms with Crippen molar-refractivity contribution in [3.05, 3.63) is 83.4 Å². The van der Waals surface area contributed by atoms with E-state index >= 15 is 0 Å². The number of nitrogens with one attached hydrogen (secondary N) is 2. The number of nitrogens with zero attached hydrogens (tertiary/aromatic N) is 1. The zero-order chi connectivity index (χ0) is 23.8. The maximum absolute atomic E-state index is 13.8. The normalized spacial score (nSPS) is 12.6. The fourth-order valence-electron chi connectivity index (χ4n) is 3.36. The number of sulfonamides is 1. The van der Waals surface area contributed by atoms with Crippen LogP contribution in [-0.2, 0) is 16.2 Å². The van der Waals surface area contributed by atoms with Gasteiger partial charge in [-0.3, -0.25) is 0 Å². The number of benzene rings is 3. The third kappa shape index (κ3) is 4.67. The Morgan fingerprint density at radius 1 is 1.00 bits per heavy atom. The maximum atomic E-state index is 13.8. The lowest BCUT2D eigenvalue weighted by Crippen LogP contribution is -2.19. The topological polar surface area (TPSA) is 74.8 Å². The lowest BCUT2D eigenvalue weighted by Gasteiger charge is -2.09. The lowest BCUT2D eigenvalue weighted by molar-refractivity contribution is -0.140. The second-order valence-corrected chi connectivity index (χ2v) is 8.98. The van der Waals surface area contributed by atoms with Crippen molar-refractivity contribution >= 4 is 33.2 Å². The fourth-order valence-corrected chi connectivity index (χ4v) is 4.31. The van der Waals surface area contributed by atoms with Crippen molar-refractivity contribution in [2.45, 2.75) is 11.1 Å². The minimum atomic E-state index is -4.76. The molecular weight excluding hydrogens is 458 g/mol. The molecule has 1 heterocycles. The first kappa shape index (κ1) is 22.7. The molecule has 0 radical (unpaired) electrons. The molecule has 0 bridgehead atoms. The summed E-state index contributed by atoms with van der Waals surface area (Å²) in [6.45, 7) is 0. The van der Waals surface area contributed by atoms with Crippen molar-refractivity contribution < 1.29 is 26.0 Å². The number of hydrogen-bond donors (Lipinski definition) is 2. The van der Waals surface area contributed by atoms with E-state index in [4.69, 9.17) is 0 Å². The monoisotopic (exact) mass is 475 g/mol. The Hall–Kier alpha value is -3.50. The zero-order valence-corrected chi connectivity index (χ0v) is 17.9. The van der Waals surface area contributed by atoms with E-state index in [1.807, 2.05) is 0 Å². The number of aromatic amines is 1. The number of rotatable bonds is 5. The van der Waals surface area contributed by atoms with Gasteiger partial charge < -0.3 is 4.98 Å². The molecule has 1 aromatic heterocycles. The molecule has 5 nitrogen and oxygen atoms in total. The standard InChI is InChI=1S/C23H17F4N3O2S/c1-28-33(31,32)21-5-3-2-4-16(21)15-8-10-19-20(13-15)30-22(29-19)11-7-14-6-9-17(18(24)12-14)23(25,26)27/h2-13,28H,1H3,(H,29,30). The summed E-state index contributed by atoms with van der Waals surface area (Å²) >= 11 is 0. The van der Waals surface area contributed by atoms with Crippen molar-refractivity contribution in [1.82, 2.24) is 14.7 Å². The second kappa shape index (κ2) is 8.45. The predicted molar refractivity (Wildman–Crippen MR) is 118 cm³/mol. The average molecular weight is 475 g/mol. The van der Waals surface area contributed by atoms with Gasteiger partial charge in [0.2, 0.25) is 10.0 Å². The Bertz CT molecular complexity index is 1470. The molecule has 0 aliphatic heterocycles. The summed E-state index contributed by atoms with van der Waals surface area (Å²) < 4.78 is 78.9. The van der Waals surface area contributed by atoms with Crippen LogP contribution in [-0.4, -0.2) is 25.4 Å². The van der Waals surface area contributed by atoms with Crippen molar-refractivity contribution in [3.63, 3.8) is 0 Å². The van der Waals surface area contributed by atoms with E-state index in [-0.39, 0.29) is 10.5 Å². The zero-order valence-electron chi connectivity index (χ0n) is 17.1. The summed E-state index contributed by atoms with van der Waals surface area (Å²) in [5.74, 6) is -0.951. The van der Waals surface area contributed by atoms with Gasteiger partial charge in [0, 0.05) is 5.56 Å². The van der Waals surface area contributed by atoms with Gasteiger partial charge in [0.05, 0.1) is 21.5 Å². The molecule has 0 aliphatic rings. The van der Waals surface area contributed by atoms with E-state index < -0.39 is 27.6 Å². The number of H-pyrrole nitrogens is 1. The maximum Gasteiger partial charge on any atom is 0.419 e. The molecule has 0 amide bonds. The van der Waals surface area contributed by atoms with E-state index in [0.717, 1.165) is 6.07 Å². The number of fused-ring (bicyclic) bond motifs is 1. The van der Waals surface area contributed by atoms with E-state index in [1.54, 1.807) is 36.4 Å². The summed E-state index contributed by atoms with van der Waals surface area (Å²) in [7, 11) is -2.33. The molecule has 3 aromatic carbocycles. The van der Waals surface area contributed by atoms with E-state index in [0.29, 0.717) is 34.1 Å². The van der Waals surface area contributed by atoms with E-state index in [1.165, 1.54) is 31.3 Å². The Balaban J connectivity index is 1.66. The number of alkyl halides is 3. The largest absolute Gasteiger partial charge is 0.419 e. The molecule has 0 saturated heterocycles. The highest BCUT2D eigenvalue weighted by Crippen LogP contribution is 2.32. The molecule has 170 valence electrons. The minimum absolute atomic E-state index is 0.131. The molecule has 4 rings (SSSR count). The van der Waals surface area contributed by atoms with Crippen LogP contribution in [0.15, 0.2) is 65.6 Å². The van der Waals surface area contributed by atoms with Gasteiger partial charge in [-0.1, -0.05) is 36.4 Å². The third-order valence-corrected chi connectivity index (χ3v) is 6.46. The van der Waals surface area contributed by atoms with Crippen LogP contribution in [0.5, 0.6) is 0 Å². The van der Waals surface area contributed by atoms with Gasteiger partial charge in [-0.25, -0.2) is 22.5 Å².